The third kappa shape index (κ3) is 5.65. The van der Waals surface area contributed by atoms with E-state index in [0.29, 0.717) is 6.42 Å². The van der Waals surface area contributed by atoms with Gasteiger partial charge in [-0.1, -0.05) is 28.1 Å². The predicted molar refractivity (Wildman–Crippen MR) is 78.7 cm³/mol. The SMILES string of the molecule is CN(CCC(=O)N(C)C)CCc1ccc(Br)cc1. The van der Waals surface area contributed by atoms with Crippen molar-refractivity contribution in [3.63, 3.8) is 0 Å². The number of amides is 1. The zero-order valence-electron chi connectivity index (χ0n) is 11.3. The molecule has 0 radical (unpaired) electrons. The topological polar surface area (TPSA) is 23.6 Å². The lowest BCUT2D eigenvalue weighted by Gasteiger charge is -2.17. The van der Waals surface area contributed by atoms with Crippen molar-refractivity contribution < 1.29 is 4.79 Å². The Balaban J connectivity index is 2.26. The molecular formula is C14H21BrN2O. The number of hydrogen-bond donors (Lipinski definition) is 0. The first kappa shape index (κ1) is 15.2. The Hall–Kier alpha value is -0.870. The third-order valence-electron chi connectivity index (χ3n) is 2.90. The molecule has 18 heavy (non-hydrogen) atoms. The van der Waals surface area contributed by atoms with Crippen LogP contribution in [0.15, 0.2) is 28.7 Å². The maximum atomic E-state index is 11.5. The number of halogens is 1. The second kappa shape index (κ2) is 7.54. The largest absolute Gasteiger partial charge is 0.349 e. The quantitative estimate of drug-likeness (QED) is 0.805. The number of carbonyl (C=O) groups is 1. The Labute approximate surface area is 118 Å². The molecule has 0 aliphatic carbocycles. The van der Waals surface area contributed by atoms with Crippen LogP contribution in [0, 0.1) is 0 Å². The maximum absolute atomic E-state index is 11.5. The number of carbonyl (C=O) groups excluding carboxylic acids is 1. The number of nitrogens with zero attached hydrogens (tertiary/aromatic N) is 2. The Kier molecular flexibility index (Phi) is 6.36. The van der Waals surface area contributed by atoms with Gasteiger partial charge in [-0.2, -0.15) is 0 Å². The Bertz CT molecular complexity index is 376. The minimum atomic E-state index is 0.186. The van der Waals surface area contributed by atoms with Crippen LogP contribution in [0.5, 0.6) is 0 Å². The molecule has 0 aliphatic rings. The summed E-state index contributed by atoms with van der Waals surface area (Å²) in [4.78, 5) is 15.3. The molecule has 1 aromatic rings. The van der Waals surface area contributed by atoms with Gasteiger partial charge in [0, 0.05) is 38.1 Å². The molecule has 0 bridgehead atoms. The van der Waals surface area contributed by atoms with Crippen LogP contribution < -0.4 is 0 Å². The van der Waals surface area contributed by atoms with Crippen LogP contribution in [0.3, 0.4) is 0 Å². The van der Waals surface area contributed by atoms with Gasteiger partial charge < -0.3 is 9.80 Å². The van der Waals surface area contributed by atoms with E-state index in [2.05, 4.69) is 52.1 Å². The van der Waals surface area contributed by atoms with Crippen LogP contribution in [0.1, 0.15) is 12.0 Å². The van der Waals surface area contributed by atoms with Crippen LogP contribution in [-0.2, 0) is 11.2 Å². The zero-order chi connectivity index (χ0) is 13.5. The molecule has 3 nitrogen and oxygen atoms in total. The van der Waals surface area contributed by atoms with Gasteiger partial charge >= 0.3 is 0 Å². The van der Waals surface area contributed by atoms with Gasteiger partial charge in [-0.15, -0.1) is 0 Å². The average molecular weight is 313 g/mol. The van der Waals surface area contributed by atoms with Crippen LogP contribution in [0.25, 0.3) is 0 Å². The molecule has 1 rings (SSSR count). The van der Waals surface area contributed by atoms with Gasteiger partial charge in [0.15, 0.2) is 0 Å². The highest BCUT2D eigenvalue weighted by molar-refractivity contribution is 9.10. The molecule has 0 fully saturated rings. The standard InChI is InChI=1S/C14H21BrN2O/c1-16(2)14(18)9-11-17(3)10-8-12-4-6-13(15)7-5-12/h4-7H,8-11H2,1-3H3. The summed E-state index contributed by atoms with van der Waals surface area (Å²) in [5, 5.41) is 0. The second-order valence-electron chi connectivity index (χ2n) is 4.72. The third-order valence-corrected chi connectivity index (χ3v) is 3.43. The summed E-state index contributed by atoms with van der Waals surface area (Å²) in [6.07, 6.45) is 1.60. The minimum absolute atomic E-state index is 0.186. The number of benzene rings is 1. The summed E-state index contributed by atoms with van der Waals surface area (Å²) in [6.45, 7) is 1.79. The average Bonchev–Trinajstić information content (AvgIpc) is 2.35. The molecule has 0 saturated heterocycles. The van der Waals surface area contributed by atoms with Crippen molar-refractivity contribution in [2.45, 2.75) is 12.8 Å². The van der Waals surface area contributed by atoms with Gasteiger partial charge in [0.25, 0.3) is 0 Å². The summed E-state index contributed by atoms with van der Waals surface area (Å²) in [6, 6.07) is 8.38. The highest BCUT2D eigenvalue weighted by Crippen LogP contribution is 2.11. The van der Waals surface area contributed by atoms with Crippen molar-refractivity contribution in [2.75, 3.05) is 34.2 Å². The van der Waals surface area contributed by atoms with Crippen molar-refractivity contribution in [1.82, 2.24) is 9.80 Å². The van der Waals surface area contributed by atoms with E-state index in [1.807, 2.05) is 0 Å². The lowest BCUT2D eigenvalue weighted by Crippen LogP contribution is -2.29. The van der Waals surface area contributed by atoms with E-state index in [1.165, 1.54) is 5.56 Å². The van der Waals surface area contributed by atoms with Crippen LogP contribution in [0.4, 0.5) is 0 Å². The number of hydrogen-bond acceptors (Lipinski definition) is 2. The molecule has 0 aromatic heterocycles. The summed E-state index contributed by atoms with van der Waals surface area (Å²) in [5.41, 5.74) is 1.32. The lowest BCUT2D eigenvalue weighted by molar-refractivity contribution is -0.128. The molecule has 0 spiro atoms. The zero-order valence-corrected chi connectivity index (χ0v) is 12.9. The van der Waals surface area contributed by atoms with E-state index in [4.69, 9.17) is 0 Å². The summed E-state index contributed by atoms with van der Waals surface area (Å²) < 4.78 is 1.11. The van der Waals surface area contributed by atoms with Crippen molar-refractivity contribution in [3.8, 4) is 0 Å². The minimum Gasteiger partial charge on any atom is -0.349 e. The van der Waals surface area contributed by atoms with Crippen molar-refractivity contribution in [2.24, 2.45) is 0 Å². The van der Waals surface area contributed by atoms with Gasteiger partial charge in [-0.25, -0.2) is 0 Å². The Morgan fingerprint density at radius 3 is 2.28 bits per heavy atom. The van der Waals surface area contributed by atoms with E-state index < -0.39 is 0 Å². The molecule has 1 aromatic carbocycles. The first-order chi connectivity index (χ1) is 8.49. The normalized spacial score (nSPS) is 10.7. The molecule has 0 aliphatic heterocycles. The van der Waals surface area contributed by atoms with Crippen molar-refractivity contribution in [1.29, 1.82) is 0 Å². The van der Waals surface area contributed by atoms with Gasteiger partial charge in [-0.3, -0.25) is 4.79 Å². The molecule has 1 amide bonds. The molecule has 0 atom stereocenters. The van der Waals surface area contributed by atoms with E-state index in [9.17, 15) is 4.79 Å². The number of rotatable bonds is 6. The first-order valence-corrected chi connectivity index (χ1v) is 6.91. The Morgan fingerprint density at radius 1 is 1.11 bits per heavy atom. The van der Waals surface area contributed by atoms with Gasteiger partial charge in [0.2, 0.25) is 5.91 Å². The van der Waals surface area contributed by atoms with Gasteiger partial charge in [-0.05, 0) is 31.2 Å². The molecular weight excluding hydrogens is 292 g/mol. The molecule has 0 unspecified atom stereocenters. The van der Waals surface area contributed by atoms with E-state index in [1.54, 1.807) is 19.0 Å². The molecule has 0 saturated carbocycles. The Morgan fingerprint density at radius 2 is 1.72 bits per heavy atom. The molecule has 0 N–H and O–H groups in total. The smallest absolute Gasteiger partial charge is 0.223 e. The van der Waals surface area contributed by atoms with Crippen molar-refractivity contribution >= 4 is 21.8 Å². The summed E-state index contributed by atoms with van der Waals surface area (Å²) in [7, 11) is 5.65. The monoisotopic (exact) mass is 312 g/mol. The highest BCUT2D eigenvalue weighted by atomic mass is 79.9. The van der Waals surface area contributed by atoms with Crippen molar-refractivity contribution in [3.05, 3.63) is 34.3 Å². The van der Waals surface area contributed by atoms with Crippen LogP contribution >= 0.6 is 15.9 Å². The fourth-order valence-corrected chi connectivity index (χ4v) is 1.86. The van der Waals surface area contributed by atoms with E-state index >= 15 is 0 Å². The van der Waals surface area contributed by atoms with E-state index in [0.717, 1.165) is 24.0 Å². The molecule has 100 valence electrons. The molecule has 4 heteroatoms. The highest BCUT2D eigenvalue weighted by Gasteiger charge is 2.06. The fraction of sp³-hybridized carbons (Fsp3) is 0.500. The van der Waals surface area contributed by atoms with Gasteiger partial charge in [0.1, 0.15) is 0 Å². The van der Waals surface area contributed by atoms with Gasteiger partial charge in [0.05, 0.1) is 0 Å². The summed E-state index contributed by atoms with van der Waals surface area (Å²) in [5.74, 6) is 0.186. The first-order valence-electron chi connectivity index (χ1n) is 6.12. The van der Waals surface area contributed by atoms with E-state index in [-0.39, 0.29) is 5.91 Å². The fourth-order valence-electron chi connectivity index (χ4n) is 1.59. The van der Waals surface area contributed by atoms with Crippen LogP contribution in [-0.4, -0.2) is 49.9 Å². The second-order valence-corrected chi connectivity index (χ2v) is 5.63. The maximum Gasteiger partial charge on any atom is 0.223 e. The van der Waals surface area contributed by atoms with Crippen LogP contribution in [0.2, 0.25) is 0 Å². The molecule has 0 heterocycles. The predicted octanol–water partition coefficient (Wildman–Crippen LogP) is 2.40. The number of likely N-dealkylation sites (N-methyl/N-ethyl adjacent to an activating group) is 1. The lowest BCUT2D eigenvalue weighted by atomic mass is 10.1. The summed E-state index contributed by atoms with van der Waals surface area (Å²) >= 11 is 3.43.